The fourth-order valence-electron chi connectivity index (χ4n) is 0.964. The lowest BCUT2D eigenvalue weighted by atomic mass is 10.2. The van der Waals surface area contributed by atoms with Crippen LogP contribution in [-0.4, -0.2) is 23.1 Å². The quantitative estimate of drug-likeness (QED) is 0.810. The molecule has 5 heteroatoms. The maximum Gasteiger partial charge on any atom is 0.325 e. The summed E-state index contributed by atoms with van der Waals surface area (Å²) in [5, 5.41) is 7.37. The van der Waals surface area contributed by atoms with Crippen LogP contribution in [0.3, 0.4) is 0 Å². The normalized spacial score (nSPS) is 12.2. The van der Waals surface area contributed by atoms with E-state index in [1.807, 2.05) is 0 Å². The Morgan fingerprint density at radius 3 is 2.93 bits per heavy atom. The van der Waals surface area contributed by atoms with Crippen LogP contribution < -0.4 is 4.74 Å². The van der Waals surface area contributed by atoms with E-state index in [1.165, 1.54) is 12.1 Å². The lowest BCUT2D eigenvalue weighted by molar-refractivity contribution is -0.137. The molecule has 0 fully saturated rings. The predicted molar refractivity (Wildman–Crippen MR) is 53.9 cm³/mol. The van der Waals surface area contributed by atoms with Crippen LogP contribution >= 0.6 is 11.6 Å². The SMILES string of the molecule is Cc1ccc(F)cc1OCC(Cl)C(=O)O. The van der Waals surface area contributed by atoms with Crippen molar-refractivity contribution in [3.8, 4) is 5.75 Å². The molecule has 0 aliphatic carbocycles. The maximum absolute atomic E-state index is 12.8. The highest BCUT2D eigenvalue weighted by atomic mass is 35.5. The predicted octanol–water partition coefficient (Wildman–Crippen LogP) is 2.20. The van der Waals surface area contributed by atoms with Gasteiger partial charge < -0.3 is 9.84 Å². The summed E-state index contributed by atoms with van der Waals surface area (Å²) >= 11 is 5.44. The molecule has 1 N–H and O–H groups in total. The number of carbonyl (C=O) groups is 1. The third-order valence-corrected chi connectivity index (χ3v) is 2.12. The number of alkyl halides is 1. The third-order valence-electron chi connectivity index (χ3n) is 1.80. The average Bonchev–Trinajstić information content (AvgIpc) is 2.18. The molecule has 0 aliphatic heterocycles. The molecule has 1 unspecified atom stereocenters. The molecule has 0 aliphatic rings. The van der Waals surface area contributed by atoms with E-state index in [9.17, 15) is 9.18 Å². The number of aliphatic carboxylic acids is 1. The molecule has 3 nitrogen and oxygen atoms in total. The number of rotatable bonds is 4. The highest BCUT2D eigenvalue weighted by Gasteiger charge is 2.14. The van der Waals surface area contributed by atoms with Gasteiger partial charge >= 0.3 is 5.97 Å². The van der Waals surface area contributed by atoms with Crippen molar-refractivity contribution in [3.63, 3.8) is 0 Å². The van der Waals surface area contributed by atoms with Gasteiger partial charge in [0.1, 0.15) is 18.2 Å². The van der Waals surface area contributed by atoms with Crippen LogP contribution in [0.1, 0.15) is 5.56 Å². The van der Waals surface area contributed by atoms with E-state index in [0.717, 1.165) is 5.56 Å². The fraction of sp³-hybridized carbons (Fsp3) is 0.300. The van der Waals surface area contributed by atoms with Crippen molar-refractivity contribution in [1.82, 2.24) is 0 Å². The van der Waals surface area contributed by atoms with Crippen molar-refractivity contribution < 1.29 is 19.0 Å². The Bertz CT molecular complexity index is 368. The molecule has 0 saturated heterocycles. The number of hydrogen-bond acceptors (Lipinski definition) is 2. The molecule has 0 aromatic heterocycles. The van der Waals surface area contributed by atoms with Crippen LogP contribution in [0, 0.1) is 12.7 Å². The molecule has 1 atom stereocenters. The third kappa shape index (κ3) is 3.40. The maximum atomic E-state index is 12.8. The summed E-state index contributed by atoms with van der Waals surface area (Å²) in [6.45, 7) is 1.54. The zero-order valence-corrected chi connectivity index (χ0v) is 8.79. The molecule has 82 valence electrons. The minimum absolute atomic E-state index is 0.193. The Labute approximate surface area is 91.4 Å². The first kappa shape index (κ1) is 11.8. The van der Waals surface area contributed by atoms with Gasteiger partial charge in [0.2, 0.25) is 0 Å². The largest absolute Gasteiger partial charge is 0.491 e. The monoisotopic (exact) mass is 232 g/mol. The van der Waals surface area contributed by atoms with Gasteiger partial charge in [-0.2, -0.15) is 0 Å². The summed E-state index contributed by atoms with van der Waals surface area (Å²) in [6.07, 6.45) is 0. The van der Waals surface area contributed by atoms with Crippen molar-refractivity contribution >= 4 is 17.6 Å². The molecule has 0 heterocycles. The zero-order valence-electron chi connectivity index (χ0n) is 8.04. The van der Waals surface area contributed by atoms with E-state index in [4.69, 9.17) is 21.4 Å². The molecule has 0 amide bonds. The number of hydrogen-bond donors (Lipinski definition) is 1. The minimum atomic E-state index is -1.16. The second-order valence-corrected chi connectivity index (χ2v) is 3.55. The van der Waals surface area contributed by atoms with Gasteiger partial charge in [0.25, 0.3) is 0 Å². The zero-order chi connectivity index (χ0) is 11.4. The minimum Gasteiger partial charge on any atom is -0.491 e. The summed E-state index contributed by atoms with van der Waals surface area (Å²) in [5.74, 6) is -1.29. The van der Waals surface area contributed by atoms with Crippen molar-refractivity contribution in [2.75, 3.05) is 6.61 Å². The first-order chi connectivity index (χ1) is 7.00. The van der Waals surface area contributed by atoms with Crippen molar-refractivity contribution in [2.24, 2.45) is 0 Å². The Kier molecular flexibility index (Phi) is 3.91. The van der Waals surface area contributed by atoms with Crippen molar-refractivity contribution in [1.29, 1.82) is 0 Å². The topological polar surface area (TPSA) is 46.5 Å². The molecule has 1 aromatic carbocycles. The van der Waals surface area contributed by atoms with E-state index in [0.29, 0.717) is 5.75 Å². The highest BCUT2D eigenvalue weighted by molar-refractivity contribution is 6.29. The highest BCUT2D eigenvalue weighted by Crippen LogP contribution is 2.19. The van der Waals surface area contributed by atoms with Crippen LogP contribution in [0.5, 0.6) is 5.75 Å². The van der Waals surface area contributed by atoms with Crippen LogP contribution in [0.25, 0.3) is 0 Å². The molecule has 0 radical (unpaired) electrons. The lowest BCUT2D eigenvalue weighted by Crippen LogP contribution is -2.21. The summed E-state index contributed by atoms with van der Waals surface area (Å²) in [5.41, 5.74) is 0.727. The number of benzene rings is 1. The van der Waals surface area contributed by atoms with E-state index in [1.54, 1.807) is 13.0 Å². The first-order valence-corrected chi connectivity index (χ1v) is 4.70. The average molecular weight is 233 g/mol. The number of ether oxygens (including phenoxy) is 1. The van der Waals surface area contributed by atoms with E-state index < -0.39 is 17.2 Å². The summed E-state index contributed by atoms with van der Waals surface area (Å²) < 4.78 is 17.9. The summed E-state index contributed by atoms with van der Waals surface area (Å²) in [6, 6.07) is 4.05. The van der Waals surface area contributed by atoms with Gasteiger partial charge in [0, 0.05) is 6.07 Å². The summed E-state index contributed by atoms with van der Waals surface area (Å²) in [7, 11) is 0. The van der Waals surface area contributed by atoms with Crippen LogP contribution in [0.2, 0.25) is 0 Å². The summed E-state index contributed by atoms with van der Waals surface area (Å²) in [4.78, 5) is 10.4. The molecular weight excluding hydrogens is 223 g/mol. The lowest BCUT2D eigenvalue weighted by Gasteiger charge is -2.10. The molecule has 0 bridgehead atoms. The smallest absolute Gasteiger partial charge is 0.325 e. The van der Waals surface area contributed by atoms with E-state index in [2.05, 4.69) is 0 Å². The second-order valence-electron chi connectivity index (χ2n) is 3.03. The van der Waals surface area contributed by atoms with Crippen LogP contribution in [-0.2, 0) is 4.79 Å². The molecular formula is C10H10ClFO3. The van der Waals surface area contributed by atoms with Gasteiger partial charge in [0.05, 0.1) is 0 Å². The molecule has 0 spiro atoms. The first-order valence-electron chi connectivity index (χ1n) is 4.26. The standard InChI is InChI=1S/C10H10ClFO3/c1-6-2-3-7(12)4-9(6)15-5-8(11)10(13)14/h2-4,8H,5H2,1H3,(H,13,14). The van der Waals surface area contributed by atoms with Gasteiger partial charge in [-0.15, -0.1) is 11.6 Å². The number of halogens is 2. The van der Waals surface area contributed by atoms with Gasteiger partial charge in [-0.25, -0.2) is 4.39 Å². The van der Waals surface area contributed by atoms with Crippen molar-refractivity contribution in [2.45, 2.75) is 12.3 Å². The molecule has 15 heavy (non-hydrogen) atoms. The van der Waals surface area contributed by atoms with Crippen LogP contribution in [0.4, 0.5) is 4.39 Å². The van der Waals surface area contributed by atoms with Crippen molar-refractivity contribution in [3.05, 3.63) is 29.6 Å². The Balaban J connectivity index is 2.65. The van der Waals surface area contributed by atoms with Gasteiger partial charge in [0.15, 0.2) is 5.38 Å². The van der Waals surface area contributed by atoms with Crippen LogP contribution in [0.15, 0.2) is 18.2 Å². The Hall–Kier alpha value is -1.29. The Morgan fingerprint density at radius 1 is 1.67 bits per heavy atom. The fourth-order valence-corrected chi connectivity index (χ4v) is 1.03. The van der Waals surface area contributed by atoms with E-state index >= 15 is 0 Å². The number of carboxylic acids is 1. The Morgan fingerprint density at radius 2 is 2.33 bits per heavy atom. The van der Waals surface area contributed by atoms with E-state index in [-0.39, 0.29) is 6.61 Å². The molecule has 1 aromatic rings. The second kappa shape index (κ2) is 4.98. The van der Waals surface area contributed by atoms with Gasteiger partial charge in [-0.3, -0.25) is 4.79 Å². The number of carboxylic acid groups (broad SMARTS) is 1. The van der Waals surface area contributed by atoms with Gasteiger partial charge in [-0.1, -0.05) is 6.07 Å². The molecule has 0 saturated carbocycles. The molecule has 1 rings (SSSR count). The number of aryl methyl sites for hydroxylation is 1. The van der Waals surface area contributed by atoms with Gasteiger partial charge in [-0.05, 0) is 18.6 Å².